The van der Waals surface area contributed by atoms with Gasteiger partial charge in [-0.2, -0.15) is 0 Å². The number of aryl methyl sites for hydroxylation is 1. The third kappa shape index (κ3) is 3.01. The summed E-state index contributed by atoms with van der Waals surface area (Å²) >= 11 is 0. The number of carboxylic acids is 1. The molecule has 0 amide bonds. The summed E-state index contributed by atoms with van der Waals surface area (Å²) in [6.07, 6.45) is 0. The average Bonchev–Trinajstić information content (AvgIpc) is 2.64. The molecule has 0 aliphatic rings. The van der Waals surface area contributed by atoms with Crippen LogP contribution in [0.5, 0.6) is 0 Å². The van der Waals surface area contributed by atoms with Gasteiger partial charge in [-0.05, 0) is 20.8 Å². The molecule has 0 radical (unpaired) electrons. The first-order valence-electron chi connectivity index (χ1n) is 5.76. The zero-order valence-electron chi connectivity index (χ0n) is 11.4. The van der Waals surface area contributed by atoms with Crippen molar-refractivity contribution < 1.29 is 28.5 Å². The van der Waals surface area contributed by atoms with Crippen molar-refractivity contribution in [2.45, 2.75) is 31.2 Å². The number of hydrogen-bond acceptors (Lipinski definition) is 5. The number of sulfonamides is 1. The highest BCUT2D eigenvalue weighted by molar-refractivity contribution is 7.89. The molecule has 0 bridgehead atoms. The van der Waals surface area contributed by atoms with Crippen molar-refractivity contribution in [3.8, 4) is 0 Å². The van der Waals surface area contributed by atoms with E-state index < -0.39 is 34.7 Å². The predicted molar refractivity (Wildman–Crippen MR) is 70.1 cm³/mol. The van der Waals surface area contributed by atoms with Crippen LogP contribution in [0.3, 0.4) is 0 Å². The van der Waals surface area contributed by atoms with E-state index in [9.17, 15) is 13.2 Å². The van der Waals surface area contributed by atoms with E-state index in [2.05, 4.69) is 9.71 Å². The molecule has 1 aromatic rings. The molecule has 0 aliphatic heterocycles. The van der Waals surface area contributed by atoms with Gasteiger partial charge in [0.25, 0.3) is 0 Å². The molecule has 9 heteroatoms. The van der Waals surface area contributed by atoms with Crippen molar-refractivity contribution in [2.24, 2.45) is 0 Å². The fourth-order valence-corrected chi connectivity index (χ4v) is 3.68. The molecule has 5 N–H and O–H groups in total. The zero-order valence-corrected chi connectivity index (χ0v) is 12.2. The second kappa shape index (κ2) is 5.52. The van der Waals surface area contributed by atoms with Gasteiger partial charge < -0.3 is 20.3 Å². The fraction of sp³-hybridized carbons (Fsp3) is 0.545. The SMILES string of the molecule is Cc1[nH]c(C(=O)O)c(C)c1S(=O)(=O)NC(C)(CO)CO. The van der Waals surface area contributed by atoms with Crippen LogP contribution in [0.2, 0.25) is 0 Å². The van der Waals surface area contributed by atoms with Gasteiger partial charge >= 0.3 is 5.97 Å². The molecular weight excluding hydrogens is 288 g/mol. The smallest absolute Gasteiger partial charge is 0.352 e. The largest absolute Gasteiger partial charge is 0.477 e. The van der Waals surface area contributed by atoms with Crippen molar-refractivity contribution in [1.29, 1.82) is 0 Å². The Morgan fingerprint density at radius 2 is 1.80 bits per heavy atom. The van der Waals surface area contributed by atoms with Gasteiger partial charge in [-0.3, -0.25) is 0 Å². The number of rotatable bonds is 6. The molecule has 0 aromatic carbocycles. The summed E-state index contributed by atoms with van der Waals surface area (Å²) in [4.78, 5) is 13.3. The lowest BCUT2D eigenvalue weighted by Gasteiger charge is -2.25. The quantitative estimate of drug-likeness (QED) is 0.473. The minimum atomic E-state index is -4.08. The summed E-state index contributed by atoms with van der Waals surface area (Å²) in [5, 5.41) is 27.2. The molecule has 114 valence electrons. The van der Waals surface area contributed by atoms with Crippen LogP contribution in [-0.4, -0.2) is 53.4 Å². The predicted octanol–water partition coefficient (Wildman–Crippen LogP) is -0.649. The van der Waals surface area contributed by atoms with E-state index in [1.54, 1.807) is 0 Å². The highest BCUT2D eigenvalue weighted by Gasteiger charge is 2.33. The van der Waals surface area contributed by atoms with Crippen molar-refractivity contribution in [2.75, 3.05) is 13.2 Å². The van der Waals surface area contributed by atoms with Crippen LogP contribution in [0.25, 0.3) is 0 Å². The maximum Gasteiger partial charge on any atom is 0.352 e. The Balaban J connectivity index is 3.34. The Kier molecular flexibility index (Phi) is 4.59. The minimum Gasteiger partial charge on any atom is -0.477 e. The summed E-state index contributed by atoms with van der Waals surface area (Å²) in [6.45, 7) is 2.94. The van der Waals surface area contributed by atoms with Crippen LogP contribution < -0.4 is 4.72 Å². The highest BCUT2D eigenvalue weighted by Crippen LogP contribution is 2.24. The fourth-order valence-electron chi connectivity index (χ4n) is 1.84. The maximum absolute atomic E-state index is 12.3. The van der Waals surface area contributed by atoms with Crippen molar-refractivity contribution in [3.63, 3.8) is 0 Å². The Labute approximate surface area is 116 Å². The maximum atomic E-state index is 12.3. The molecule has 0 saturated heterocycles. The lowest BCUT2D eigenvalue weighted by Crippen LogP contribution is -2.51. The number of nitrogens with one attached hydrogen (secondary N) is 2. The number of hydrogen-bond donors (Lipinski definition) is 5. The Hall–Kier alpha value is -1.42. The summed E-state index contributed by atoms with van der Waals surface area (Å²) < 4.78 is 26.8. The van der Waals surface area contributed by atoms with E-state index in [-0.39, 0.29) is 21.8 Å². The monoisotopic (exact) mass is 306 g/mol. The molecular formula is C11H18N2O6S. The van der Waals surface area contributed by atoms with Gasteiger partial charge in [0.2, 0.25) is 10.0 Å². The molecule has 1 heterocycles. The number of H-pyrrole nitrogens is 1. The lowest BCUT2D eigenvalue weighted by atomic mass is 10.1. The average molecular weight is 306 g/mol. The number of carbonyl (C=O) groups is 1. The zero-order chi connectivity index (χ0) is 15.7. The second-order valence-electron chi connectivity index (χ2n) is 4.87. The van der Waals surface area contributed by atoms with Gasteiger partial charge in [0.05, 0.1) is 18.8 Å². The molecule has 0 unspecified atom stereocenters. The Bertz CT molecular complexity index is 615. The van der Waals surface area contributed by atoms with Crippen LogP contribution >= 0.6 is 0 Å². The summed E-state index contributed by atoms with van der Waals surface area (Å²) in [5.41, 5.74) is -1.40. The van der Waals surface area contributed by atoms with E-state index in [1.807, 2.05) is 0 Å². The van der Waals surface area contributed by atoms with Gasteiger partial charge in [0.15, 0.2) is 0 Å². The number of aliphatic hydroxyl groups excluding tert-OH is 2. The second-order valence-corrected chi connectivity index (χ2v) is 6.49. The van der Waals surface area contributed by atoms with Crippen molar-refractivity contribution in [1.82, 2.24) is 9.71 Å². The topological polar surface area (TPSA) is 140 Å². The molecule has 0 aliphatic carbocycles. The summed E-state index contributed by atoms with van der Waals surface area (Å²) in [6, 6.07) is 0. The van der Waals surface area contributed by atoms with Gasteiger partial charge in [-0.1, -0.05) is 0 Å². The number of aromatic carboxylic acids is 1. The van der Waals surface area contributed by atoms with Crippen molar-refractivity contribution in [3.05, 3.63) is 17.0 Å². The highest BCUT2D eigenvalue weighted by atomic mass is 32.2. The van der Waals surface area contributed by atoms with Gasteiger partial charge in [0, 0.05) is 11.3 Å². The first-order valence-corrected chi connectivity index (χ1v) is 7.24. The van der Waals surface area contributed by atoms with Crippen LogP contribution in [0.1, 0.15) is 28.7 Å². The van der Waals surface area contributed by atoms with Crippen molar-refractivity contribution >= 4 is 16.0 Å². The third-order valence-electron chi connectivity index (χ3n) is 2.93. The molecule has 1 aromatic heterocycles. The van der Waals surface area contributed by atoms with Crippen LogP contribution in [0, 0.1) is 13.8 Å². The molecule has 20 heavy (non-hydrogen) atoms. The van der Waals surface area contributed by atoms with Crippen LogP contribution in [-0.2, 0) is 10.0 Å². The third-order valence-corrected chi connectivity index (χ3v) is 4.84. The van der Waals surface area contributed by atoms with Gasteiger partial charge in [0.1, 0.15) is 10.6 Å². The van der Waals surface area contributed by atoms with E-state index >= 15 is 0 Å². The molecule has 0 fully saturated rings. The summed E-state index contributed by atoms with van der Waals surface area (Å²) in [7, 11) is -4.08. The number of carboxylic acid groups (broad SMARTS) is 1. The standard InChI is InChI=1S/C11H18N2O6S/c1-6-8(10(16)17)12-7(2)9(6)20(18,19)13-11(3,4-14)5-15/h12-15H,4-5H2,1-3H3,(H,16,17). The van der Waals surface area contributed by atoms with Gasteiger partial charge in [-0.25, -0.2) is 17.9 Å². The van der Waals surface area contributed by atoms with Gasteiger partial charge in [-0.15, -0.1) is 0 Å². The van der Waals surface area contributed by atoms with E-state index in [4.69, 9.17) is 15.3 Å². The molecule has 1 rings (SSSR count). The van der Waals surface area contributed by atoms with E-state index in [0.717, 1.165) is 0 Å². The number of aromatic amines is 1. The van der Waals surface area contributed by atoms with Crippen LogP contribution in [0.4, 0.5) is 0 Å². The number of aromatic nitrogens is 1. The first kappa shape index (κ1) is 16.6. The molecule has 0 saturated carbocycles. The van der Waals surface area contributed by atoms with Crippen LogP contribution in [0.15, 0.2) is 4.90 Å². The molecule has 0 atom stereocenters. The van der Waals surface area contributed by atoms with E-state index in [1.165, 1.54) is 20.8 Å². The molecule has 0 spiro atoms. The lowest BCUT2D eigenvalue weighted by molar-refractivity contribution is 0.0690. The minimum absolute atomic E-state index is 0.0701. The Morgan fingerprint density at radius 3 is 2.15 bits per heavy atom. The molecule has 8 nitrogen and oxygen atoms in total. The first-order chi connectivity index (χ1) is 9.08. The summed E-state index contributed by atoms with van der Waals surface area (Å²) in [5.74, 6) is -1.26. The van der Waals surface area contributed by atoms with E-state index in [0.29, 0.717) is 0 Å². The normalized spacial score (nSPS) is 12.7. The number of aliphatic hydroxyl groups is 2. The Morgan fingerprint density at radius 1 is 1.30 bits per heavy atom.